The van der Waals surface area contributed by atoms with E-state index in [-0.39, 0.29) is 18.2 Å². The second-order valence-corrected chi connectivity index (χ2v) is 5.12. The number of aromatic nitrogens is 1. The molecule has 0 amide bonds. The zero-order valence-corrected chi connectivity index (χ0v) is 12.5. The van der Waals surface area contributed by atoms with E-state index >= 15 is 0 Å². The Kier molecular flexibility index (Phi) is 6.45. The number of hydrogen-bond donors (Lipinski definition) is 2. The average Bonchev–Trinajstić information content (AvgIpc) is 2.39. The van der Waals surface area contributed by atoms with E-state index in [9.17, 15) is 9.90 Å². The molecule has 1 aromatic heterocycles. The van der Waals surface area contributed by atoms with Crippen LogP contribution in [0, 0.1) is 0 Å². The minimum absolute atomic E-state index is 0.115. The predicted molar refractivity (Wildman–Crippen MR) is 79.4 cm³/mol. The molecular weight excluding hydrogens is 256 g/mol. The summed E-state index contributed by atoms with van der Waals surface area (Å²) in [6.07, 6.45) is 2.33. The number of carboxylic acid groups (broad SMARTS) is 1. The monoisotopic (exact) mass is 280 g/mol. The van der Waals surface area contributed by atoms with Crippen molar-refractivity contribution in [3.05, 3.63) is 23.4 Å². The normalized spacial score (nSPS) is 10.8. The Bertz CT molecular complexity index is 447. The van der Waals surface area contributed by atoms with Crippen molar-refractivity contribution in [1.29, 1.82) is 0 Å². The van der Waals surface area contributed by atoms with Crippen molar-refractivity contribution in [2.75, 3.05) is 18.1 Å². The van der Waals surface area contributed by atoms with E-state index in [1.807, 2.05) is 25.7 Å². The fourth-order valence-electron chi connectivity index (χ4n) is 2.11. The molecule has 0 unspecified atom stereocenters. The van der Waals surface area contributed by atoms with Crippen LogP contribution in [0.4, 0.5) is 5.82 Å². The molecule has 0 aliphatic carbocycles. The zero-order chi connectivity index (χ0) is 15.1. The first-order valence-electron chi connectivity index (χ1n) is 7.11. The van der Waals surface area contributed by atoms with Crippen LogP contribution in [0.3, 0.4) is 0 Å². The van der Waals surface area contributed by atoms with E-state index in [0.717, 1.165) is 18.5 Å². The van der Waals surface area contributed by atoms with E-state index in [0.29, 0.717) is 18.8 Å². The standard InChI is InChI=1S/C15H24N2O3/c1-4-6-13-9-12(15(19)20)10-14(16-13)17(11(2)3)7-5-8-18/h9-11,18H,4-8H2,1-3H3,(H,19,20). The number of carboxylic acids is 1. The van der Waals surface area contributed by atoms with Gasteiger partial charge in [0.25, 0.3) is 0 Å². The highest BCUT2D eigenvalue weighted by molar-refractivity contribution is 5.88. The number of anilines is 1. The Labute approximate surface area is 120 Å². The Morgan fingerprint density at radius 1 is 1.40 bits per heavy atom. The number of aryl methyl sites for hydroxylation is 1. The first kappa shape index (κ1) is 16.4. The maximum absolute atomic E-state index is 11.2. The van der Waals surface area contributed by atoms with Gasteiger partial charge in [-0.1, -0.05) is 13.3 Å². The molecule has 0 saturated heterocycles. The summed E-state index contributed by atoms with van der Waals surface area (Å²) in [6, 6.07) is 3.45. The molecule has 0 aliphatic rings. The summed E-state index contributed by atoms with van der Waals surface area (Å²) >= 11 is 0. The van der Waals surface area contributed by atoms with Gasteiger partial charge in [0.15, 0.2) is 0 Å². The second kappa shape index (κ2) is 7.85. The van der Waals surface area contributed by atoms with Gasteiger partial charge >= 0.3 is 5.97 Å². The summed E-state index contributed by atoms with van der Waals surface area (Å²) in [7, 11) is 0. The van der Waals surface area contributed by atoms with Gasteiger partial charge in [0, 0.05) is 24.9 Å². The van der Waals surface area contributed by atoms with Gasteiger partial charge < -0.3 is 15.1 Å². The lowest BCUT2D eigenvalue weighted by atomic mass is 10.1. The maximum atomic E-state index is 11.2. The molecule has 2 N–H and O–H groups in total. The fraction of sp³-hybridized carbons (Fsp3) is 0.600. The Hall–Kier alpha value is -1.62. The minimum atomic E-state index is -0.933. The molecular formula is C15H24N2O3. The molecule has 5 heteroatoms. The lowest BCUT2D eigenvalue weighted by Gasteiger charge is -2.28. The molecule has 0 bridgehead atoms. The van der Waals surface area contributed by atoms with Gasteiger partial charge in [0.1, 0.15) is 5.82 Å². The van der Waals surface area contributed by atoms with E-state index in [2.05, 4.69) is 4.98 Å². The van der Waals surface area contributed by atoms with E-state index < -0.39 is 5.97 Å². The highest BCUT2D eigenvalue weighted by Gasteiger charge is 2.15. The number of nitrogens with zero attached hydrogens (tertiary/aromatic N) is 2. The summed E-state index contributed by atoms with van der Waals surface area (Å²) in [5.74, 6) is -0.256. The molecule has 0 radical (unpaired) electrons. The Morgan fingerprint density at radius 3 is 2.60 bits per heavy atom. The van der Waals surface area contributed by atoms with Crippen LogP contribution in [0.25, 0.3) is 0 Å². The number of aliphatic hydroxyl groups excluding tert-OH is 1. The molecule has 5 nitrogen and oxygen atoms in total. The molecule has 0 aromatic carbocycles. The van der Waals surface area contributed by atoms with Crippen LogP contribution < -0.4 is 4.90 Å². The van der Waals surface area contributed by atoms with Crippen molar-refractivity contribution >= 4 is 11.8 Å². The molecule has 20 heavy (non-hydrogen) atoms. The Balaban J connectivity index is 3.14. The van der Waals surface area contributed by atoms with E-state index in [1.165, 1.54) is 0 Å². The first-order chi connectivity index (χ1) is 9.49. The molecule has 0 atom stereocenters. The van der Waals surface area contributed by atoms with Gasteiger partial charge in [-0.3, -0.25) is 0 Å². The lowest BCUT2D eigenvalue weighted by molar-refractivity contribution is 0.0696. The SMILES string of the molecule is CCCc1cc(C(=O)O)cc(N(CCCO)C(C)C)n1. The van der Waals surface area contributed by atoms with Crippen LogP contribution in [0.2, 0.25) is 0 Å². The van der Waals surface area contributed by atoms with E-state index in [4.69, 9.17) is 5.11 Å². The summed E-state index contributed by atoms with van der Waals surface area (Å²) in [4.78, 5) is 17.8. The van der Waals surface area contributed by atoms with Gasteiger partial charge in [0.2, 0.25) is 0 Å². The second-order valence-electron chi connectivity index (χ2n) is 5.12. The number of aliphatic hydroxyl groups is 1. The van der Waals surface area contributed by atoms with Crippen LogP contribution in [0.15, 0.2) is 12.1 Å². The maximum Gasteiger partial charge on any atom is 0.335 e. The average molecular weight is 280 g/mol. The van der Waals surface area contributed by atoms with Crippen molar-refractivity contribution in [2.45, 2.75) is 46.1 Å². The quantitative estimate of drug-likeness (QED) is 0.764. The first-order valence-corrected chi connectivity index (χ1v) is 7.11. The number of carbonyl (C=O) groups is 1. The summed E-state index contributed by atoms with van der Waals surface area (Å²) < 4.78 is 0. The highest BCUT2D eigenvalue weighted by Crippen LogP contribution is 2.19. The largest absolute Gasteiger partial charge is 0.478 e. The van der Waals surface area contributed by atoms with Crippen LogP contribution in [0.5, 0.6) is 0 Å². The van der Waals surface area contributed by atoms with Crippen LogP contribution >= 0.6 is 0 Å². The van der Waals surface area contributed by atoms with Gasteiger partial charge in [-0.25, -0.2) is 9.78 Å². The zero-order valence-electron chi connectivity index (χ0n) is 12.5. The van der Waals surface area contributed by atoms with Crippen LogP contribution in [0.1, 0.15) is 49.7 Å². The van der Waals surface area contributed by atoms with Gasteiger partial charge in [0.05, 0.1) is 5.56 Å². The van der Waals surface area contributed by atoms with Crippen molar-refractivity contribution in [3.8, 4) is 0 Å². The highest BCUT2D eigenvalue weighted by atomic mass is 16.4. The molecule has 0 saturated carbocycles. The molecule has 0 aliphatic heterocycles. The third-order valence-corrected chi connectivity index (χ3v) is 3.09. The Morgan fingerprint density at radius 2 is 2.10 bits per heavy atom. The number of aromatic carboxylic acids is 1. The molecule has 112 valence electrons. The fourth-order valence-corrected chi connectivity index (χ4v) is 2.11. The smallest absolute Gasteiger partial charge is 0.335 e. The van der Waals surface area contributed by atoms with Crippen molar-refractivity contribution in [1.82, 2.24) is 4.98 Å². The molecule has 1 rings (SSSR count). The topological polar surface area (TPSA) is 73.7 Å². The summed E-state index contributed by atoms with van der Waals surface area (Å²) in [5.41, 5.74) is 1.07. The lowest BCUT2D eigenvalue weighted by Crippen LogP contribution is -2.33. The van der Waals surface area contributed by atoms with E-state index in [1.54, 1.807) is 12.1 Å². The molecule has 0 spiro atoms. The molecule has 1 aromatic rings. The van der Waals surface area contributed by atoms with Crippen LogP contribution in [-0.4, -0.2) is 40.4 Å². The number of rotatable bonds is 8. The van der Waals surface area contributed by atoms with Crippen LogP contribution in [-0.2, 0) is 6.42 Å². The van der Waals surface area contributed by atoms with Gasteiger partial charge in [-0.15, -0.1) is 0 Å². The predicted octanol–water partition coefficient (Wildman–Crippen LogP) is 2.33. The number of hydrogen-bond acceptors (Lipinski definition) is 4. The van der Waals surface area contributed by atoms with Gasteiger partial charge in [-0.2, -0.15) is 0 Å². The third kappa shape index (κ3) is 4.49. The molecule has 1 heterocycles. The van der Waals surface area contributed by atoms with Crippen molar-refractivity contribution < 1.29 is 15.0 Å². The summed E-state index contributed by atoms with van der Waals surface area (Å²) in [5, 5.41) is 18.2. The van der Waals surface area contributed by atoms with Crippen molar-refractivity contribution in [2.24, 2.45) is 0 Å². The third-order valence-electron chi connectivity index (χ3n) is 3.09. The van der Waals surface area contributed by atoms with Gasteiger partial charge in [-0.05, 0) is 38.8 Å². The molecule has 0 fully saturated rings. The summed E-state index contributed by atoms with van der Waals surface area (Å²) in [6.45, 7) is 6.89. The minimum Gasteiger partial charge on any atom is -0.478 e. The van der Waals surface area contributed by atoms with Crippen molar-refractivity contribution in [3.63, 3.8) is 0 Å². The number of pyridine rings is 1.